The number of carbonyl (C=O) groups is 1. The van der Waals surface area contributed by atoms with E-state index in [0.717, 1.165) is 23.5 Å². The van der Waals surface area contributed by atoms with E-state index in [1.165, 1.54) is 5.69 Å². The van der Waals surface area contributed by atoms with Crippen LogP contribution in [0.1, 0.15) is 21.4 Å². The quantitative estimate of drug-likeness (QED) is 0.724. The Bertz CT molecular complexity index is 634. The Morgan fingerprint density at radius 1 is 1.11 bits per heavy atom. The van der Waals surface area contributed by atoms with Crippen molar-refractivity contribution < 1.29 is 4.79 Å². The Morgan fingerprint density at radius 2 is 2.00 bits per heavy atom. The summed E-state index contributed by atoms with van der Waals surface area (Å²) in [5.74, 6) is 0.168. The van der Waals surface area contributed by atoms with Crippen LogP contribution < -0.4 is 0 Å². The molecule has 0 saturated carbocycles. The largest absolute Gasteiger partial charge is 0.347 e. The van der Waals surface area contributed by atoms with E-state index in [4.69, 9.17) is 0 Å². The third-order valence-corrected chi connectivity index (χ3v) is 4.93. The monoisotopic (exact) mass is 256 g/mol. The van der Waals surface area contributed by atoms with Crippen molar-refractivity contribution in [2.45, 2.75) is 16.8 Å². The van der Waals surface area contributed by atoms with E-state index in [2.05, 4.69) is 22.9 Å². The molecule has 0 N–H and O–H groups in total. The second-order valence-corrected chi connectivity index (χ2v) is 5.71. The standard InChI is InChI=1S/C14H12N2OS/c17-13-10-4-1-2-6-12(10)18-14-11-5-3-7-15(11)8-9-16(13)14/h1-7,14H,8-9H2. The van der Waals surface area contributed by atoms with Gasteiger partial charge in [0, 0.05) is 24.2 Å². The van der Waals surface area contributed by atoms with Crippen molar-refractivity contribution >= 4 is 17.7 Å². The maximum atomic E-state index is 12.5. The van der Waals surface area contributed by atoms with Gasteiger partial charge in [0.2, 0.25) is 0 Å². The molecule has 0 saturated heterocycles. The average molecular weight is 256 g/mol. The summed E-state index contributed by atoms with van der Waals surface area (Å²) in [7, 11) is 0. The molecule has 0 bridgehead atoms. The maximum absolute atomic E-state index is 12.5. The van der Waals surface area contributed by atoms with Crippen LogP contribution in [0.5, 0.6) is 0 Å². The first kappa shape index (κ1) is 10.3. The highest BCUT2D eigenvalue weighted by Crippen LogP contribution is 2.45. The number of rotatable bonds is 0. The van der Waals surface area contributed by atoms with Crippen LogP contribution in [0.3, 0.4) is 0 Å². The van der Waals surface area contributed by atoms with E-state index in [0.29, 0.717) is 0 Å². The Kier molecular flexibility index (Phi) is 2.08. The minimum atomic E-state index is 0.135. The first-order chi connectivity index (χ1) is 8.84. The molecule has 0 aliphatic carbocycles. The minimum Gasteiger partial charge on any atom is -0.347 e. The van der Waals surface area contributed by atoms with Crippen molar-refractivity contribution in [3.05, 3.63) is 53.9 Å². The van der Waals surface area contributed by atoms with Crippen LogP contribution in [0.4, 0.5) is 0 Å². The smallest absolute Gasteiger partial charge is 0.256 e. The van der Waals surface area contributed by atoms with Crippen molar-refractivity contribution in [3.8, 4) is 0 Å². The topological polar surface area (TPSA) is 25.2 Å². The van der Waals surface area contributed by atoms with E-state index in [9.17, 15) is 4.79 Å². The zero-order chi connectivity index (χ0) is 12.1. The van der Waals surface area contributed by atoms with Gasteiger partial charge in [0.1, 0.15) is 5.37 Å². The van der Waals surface area contributed by atoms with E-state index < -0.39 is 0 Å². The van der Waals surface area contributed by atoms with Gasteiger partial charge < -0.3 is 9.47 Å². The normalized spacial score (nSPS) is 21.2. The van der Waals surface area contributed by atoms with Crippen LogP contribution in [-0.2, 0) is 6.54 Å². The van der Waals surface area contributed by atoms with Gasteiger partial charge in [-0.15, -0.1) is 0 Å². The summed E-state index contributed by atoms with van der Waals surface area (Å²) in [6, 6.07) is 12.1. The highest BCUT2D eigenvalue weighted by molar-refractivity contribution is 7.99. The molecule has 3 heterocycles. The molecule has 4 rings (SSSR count). The number of thioether (sulfide) groups is 1. The third-order valence-electron chi connectivity index (χ3n) is 3.60. The van der Waals surface area contributed by atoms with Crippen molar-refractivity contribution in [2.24, 2.45) is 0 Å². The molecule has 0 fully saturated rings. The highest BCUT2D eigenvalue weighted by Gasteiger charge is 2.37. The van der Waals surface area contributed by atoms with Gasteiger partial charge >= 0.3 is 0 Å². The van der Waals surface area contributed by atoms with Gasteiger partial charge in [-0.1, -0.05) is 23.9 Å². The summed E-state index contributed by atoms with van der Waals surface area (Å²) in [4.78, 5) is 15.6. The van der Waals surface area contributed by atoms with Crippen LogP contribution in [-0.4, -0.2) is 21.9 Å². The number of nitrogens with zero attached hydrogens (tertiary/aromatic N) is 2. The van der Waals surface area contributed by atoms with Gasteiger partial charge in [-0.05, 0) is 24.3 Å². The van der Waals surface area contributed by atoms with Crippen molar-refractivity contribution in [3.63, 3.8) is 0 Å². The van der Waals surface area contributed by atoms with Crippen LogP contribution in [0.2, 0.25) is 0 Å². The molecule has 2 aliphatic heterocycles. The zero-order valence-electron chi connectivity index (χ0n) is 9.74. The molecule has 18 heavy (non-hydrogen) atoms. The Labute approximate surface area is 109 Å². The van der Waals surface area contributed by atoms with Crippen molar-refractivity contribution in [1.82, 2.24) is 9.47 Å². The molecular weight excluding hydrogens is 244 g/mol. The van der Waals surface area contributed by atoms with Gasteiger partial charge in [-0.3, -0.25) is 4.79 Å². The van der Waals surface area contributed by atoms with Gasteiger partial charge in [-0.25, -0.2) is 0 Å². The average Bonchev–Trinajstić information content (AvgIpc) is 2.88. The lowest BCUT2D eigenvalue weighted by molar-refractivity contribution is 0.0691. The molecule has 2 aliphatic rings. The molecule has 1 unspecified atom stereocenters. The molecule has 1 amide bonds. The van der Waals surface area contributed by atoms with E-state index >= 15 is 0 Å². The third kappa shape index (κ3) is 1.29. The SMILES string of the molecule is O=C1c2ccccc2SC2c3cccn3CCN12. The van der Waals surface area contributed by atoms with Crippen LogP contribution in [0.25, 0.3) is 0 Å². The fourth-order valence-electron chi connectivity index (χ4n) is 2.70. The Morgan fingerprint density at radius 3 is 2.94 bits per heavy atom. The molecule has 4 heteroatoms. The summed E-state index contributed by atoms with van der Waals surface area (Å²) in [5.41, 5.74) is 2.08. The van der Waals surface area contributed by atoms with E-state index in [1.54, 1.807) is 11.8 Å². The second-order valence-electron chi connectivity index (χ2n) is 4.59. The molecule has 3 nitrogen and oxygen atoms in total. The lowest BCUT2D eigenvalue weighted by atomic mass is 10.1. The maximum Gasteiger partial charge on any atom is 0.256 e. The molecule has 0 spiro atoms. The van der Waals surface area contributed by atoms with Gasteiger partial charge in [-0.2, -0.15) is 0 Å². The summed E-state index contributed by atoms with van der Waals surface area (Å²) < 4.78 is 2.25. The molecule has 90 valence electrons. The summed E-state index contributed by atoms with van der Waals surface area (Å²) in [6.07, 6.45) is 2.10. The molecule has 2 aromatic rings. The van der Waals surface area contributed by atoms with E-state index in [-0.39, 0.29) is 11.3 Å². The molecule has 1 atom stereocenters. The van der Waals surface area contributed by atoms with Crippen molar-refractivity contribution in [1.29, 1.82) is 0 Å². The number of carbonyl (C=O) groups excluding carboxylic acids is 1. The first-order valence-corrected chi connectivity index (χ1v) is 6.94. The fraction of sp³-hybridized carbons (Fsp3) is 0.214. The van der Waals surface area contributed by atoms with Gasteiger partial charge in [0.05, 0.1) is 11.3 Å². The van der Waals surface area contributed by atoms with Crippen LogP contribution >= 0.6 is 11.8 Å². The number of aromatic nitrogens is 1. The fourth-order valence-corrected chi connectivity index (χ4v) is 4.04. The summed E-state index contributed by atoms with van der Waals surface area (Å²) in [6.45, 7) is 1.69. The van der Waals surface area contributed by atoms with Crippen LogP contribution in [0.15, 0.2) is 47.5 Å². The predicted octanol–water partition coefficient (Wildman–Crippen LogP) is 2.75. The highest BCUT2D eigenvalue weighted by atomic mass is 32.2. The lowest BCUT2D eigenvalue weighted by Gasteiger charge is -2.40. The lowest BCUT2D eigenvalue weighted by Crippen LogP contribution is -2.42. The minimum absolute atomic E-state index is 0.135. The summed E-state index contributed by atoms with van der Waals surface area (Å²) in [5, 5.41) is 0.135. The number of hydrogen-bond donors (Lipinski definition) is 0. The van der Waals surface area contributed by atoms with Gasteiger partial charge in [0.25, 0.3) is 5.91 Å². The molecule has 1 aromatic carbocycles. The summed E-state index contributed by atoms with van der Waals surface area (Å²) >= 11 is 1.78. The van der Waals surface area contributed by atoms with E-state index in [1.807, 2.05) is 29.2 Å². The number of hydrogen-bond acceptors (Lipinski definition) is 2. The second kappa shape index (κ2) is 3.65. The predicted molar refractivity (Wildman–Crippen MR) is 70.5 cm³/mol. The van der Waals surface area contributed by atoms with Crippen molar-refractivity contribution in [2.75, 3.05) is 6.54 Å². The molecule has 1 aromatic heterocycles. The Hall–Kier alpha value is -1.68. The number of amides is 1. The Balaban J connectivity index is 1.86. The van der Waals surface area contributed by atoms with Gasteiger partial charge in [0.15, 0.2) is 0 Å². The number of fused-ring (bicyclic) bond motifs is 4. The molecule has 0 radical (unpaired) electrons. The number of benzene rings is 1. The molecular formula is C14H12N2OS. The first-order valence-electron chi connectivity index (χ1n) is 6.06. The zero-order valence-corrected chi connectivity index (χ0v) is 10.6. The van der Waals surface area contributed by atoms with Crippen LogP contribution in [0, 0.1) is 0 Å².